The molecule has 0 unspecified atom stereocenters. The molecule has 6 heteroatoms. The van der Waals surface area contributed by atoms with Gasteiger partial charge in [-0.15, -0.1) is 0 Å². The molecule has 0 aromatic heterocycles. The summed E-state index contributed by atoms with van der Waals surface area (Å²) in [7, 11) is 0. The van der Waals surface area contributed by atoms with E-state index < -0.39 is 5.91 Å². The smallest absolute Gasteiger partial charge is 0.261 e. The van der Waals surface area contributed by atoms with Crippen molar-refractivity contribution < 1.29 is 24.9 Å². The summed E-state index contributed by atoms with van der Waals surface area (Å²) >= 11 is 0. The van der Waals surface area contributed by atoms with Gasteiger partial charge in [-0.3, -0.25) is 14.5 Å². The van der Waals surface area contributed by atoms with Crippen molar-refractivity contribution in [3.8, 4) is 17.2 Å². The summed E-state index contributed by atoms with van der Waals surface area (Å²) < 4.78 is 0. The van der Waals surface area contributed by atoms with Crippen LogP contribution in [0.3, 0.4) is 0 Å². The molecule has 1 aliphatic heterocycles. The van der Waals surface area contributed by atoms with E-state index in [2.05, 4.69) is 0 Å². The molecule has 4 rings (SSSR count). The third kappa shape index (κ3) is 3.75. The summed E-state index contributed by atoms with van der Waals surface area (Å²) in [6, 6.07) is 19.0. The number of hydrogen-bond acceptors (Lipinski definition) is 5. The van der Waals surface area contributed by atoms with Crippen molar-refractivity contribution in [2.24, 2.45) is 0 Å². The lowest BCUT2D eigenvalue weighted by molar-refractivity contribution is -0.139. The molecule has 150 valence electrons. The SMILES string of the molecule is O=C(Cc1ccc(O)cc1)N1CC(c2ccc(O)cc2)=C(c2ccc(O)cc2)C1=O. The molecule has 30 heavy (non-hydrogen) atoms. The summed E-state index contributed by atoms with van der Waals surface area (Å²) in [4.78, 5) is 27.3. The molecule has 2 amide bonds. The third-order valence-electron chi connectivity index (χ3n) is 5.04. The molecular formula is C24H19NO5. The number of hydrogen-bond donors (Lipinski definition) is 3. The fourth-order valence-electron chi connectivity index (χ4n) is 3.48. The van der Waals surface area contributed by atoms with Crippen LogP contribution in [0, 0.1) is 0 Å². The number of carbonyl (C=O) groups excluding carboxylic acids is 2. The van der Waals surface area contributed by atoms with Gasteiger partial charge in [-0.2, -0.15) is 0 Å². The zero-order valence-electron chi connectivity index (χ0n) is 15.9. The minimum absolute atomic E-state index is 0.0255. The predicted molar refractivity (Wildman–Crippen MR) is 112 cm³/mol. The van der Waals surface area contributed by atoms with Gasteiger partial charge in [0.25, 0.3) is 5.91 Å². The topological polar surface area (TPSA) is 98.1 Å². The van der Waals surface area contributed by atoms with Crippen LogP contribution < -0.4 is 0 Å². The quantitative estimate of drug-likeness (QED) is 0.623. The number of phenolic OH excluding ortho intramolecular Hbond substituents is 3. The van der Waals surface area contributed by atoms with Crippen LogP contribution in [0.15, 0.2) is 72.8 Å². The van der Waals surface area contributed by atoms with Crippen LogP contribution in [-0.2, 0) is 16.0 Å². The van der Waals surface area contributed by atoms with E-state index in [1.54, 1.807) is 36.4 Å². The van der Waals surface area contributed by atoms with Gasteiger partial charge in [0, 0.05) is 0 Å². The van der Waals surface area contributed by atoms with E-state index in [4.69, 9.17) is 0 Å². The van der Waals surface area contributed by atoms with E-state index in [0.29, 0.717) is 22.3 Å². The van der Waals surface area contributed by atoms with E-state index in [-0.39, 0.29) is 36.1 Å². The van der Waals surface area contributed by atoms with Crippen LogP contribution in [-0.4, -0.2) is 38.6 Å². The van der Waals surface area contributed by atoms with Gasteiger partial charge in [-0.05, 0) is 58.7 Å². The molecule has 0 atom stereocenters. The second-order valence-corrected chi connectivity index (χ2v) is 7.08. The molecule has 3 aromatic rings. The van der Waals surface area contributed by atoms with Crippen LogP contribution in [0.4, 0.5) is 0 Å². The number of rotatable bonds is 4. The molecule has 0 radical (unpaired) electrons. The van der Waals surface area contributed by atoms with E-state index in [9.17, 15) is 24.9 Å². The summed E-state index contributed by atoms with van der Waals surface area (Å²) in [6.45, 7) is 0.108. The Morgan fingerprint density at radius 3 is 1.73 bits per heavy atom. The summed E-state index contributed by atoms with van der Waals surface area (Å²) in [5, 5.41) is 28.6. The van der Waals surface area contributed by atoms with Gasteiger partial charge >= 0.3 is 0 Å². The molecule has 3 aromatic carbocycles. The lowest BCUT2D eigenvalue weighted by atomic mass is 9.96. The average Bonchev–Trinajstić information content (AvgIpc) is 3.08. The van der Waals surface area contributed by atoms with Gasteiger partial charge in [0.2, 0.25) is 5.91 Å². The molecule has 1 heterocycles. The molecule has 1 aliphatic rings. The van der Waals surface area contributed by atoms with Crippen molar-refractivity contribution in [2.75, 3.05) is 6.54 Å². The average molecular weight is 401 g/mol. The first kappa shape index (κ1) is 19.3. The molecule has 3 N–H and O–H groups in total. The number of imide groups is 1. The molecular weight excluding hydrogens is 382 g/mol. The highest BCUT2D eigenvalue weighted by Crippen LogP contribution is 2.36. The molecule has 6 nitrogen and oxygen atoms in total. The number of nitrogens with zero attached hydrogens (tertiary/aromatic N) is 1. The molecule has 0 saturated carbocycles. The first-order chi connectivity index (χ1) is 14.4. The van der Waals surface area contributed by atoms with E-state index in [0.717, 1.165) is 5.56 Å². The van der Waals surface area contributed by atoms with Gasteiger partial charge in [0.05, 0.1) is 18.5 Å². The van der Waals surface area contributed by atoms with Gasteiger partial charge in [0.15, 0.2) is 0 Å². The Bertz CT molecular complexity index is 1130. The lowest BCUT2D eigenvalue weighted by Crippen LogP contribution is -2.34. The van der Waals surface area contributed by atoms with Crippen LogP contribution in [0.2, 0.25) is 0 Å². The van der Waals surface area contributed by atoms with Crippen molar-refractivity contribution in [2.45, 2.75) is 6.42 Å². The van der Waals surface area contributed by atoms with E-state index in [1.807, 2.05) is 0 Å². The third-order valence-corrected chi connectivity index (χ3v) is 5.04. The largest absolute Gasteiger partial charge is 0.508 e. The van der Waals surface area contributed by atoms with Crippen molar-refractivity contribution in [3.63, 3.8) is 0 Å². The highest BCUT2D eigenvalue weighted by atomic mass is 16.3. The Hall–Kier alpha value is -4.06. The normalized spacial score (nSPS) is 13.7. The first-order valence-electron chi connectivity index (χ1n) is 9.37. The van der Waals surface area contributed by atoms with Crippen molar-refractivity contribution in [1.29, 1.82) is 0 Å². The standard InChI is InChI=1S/C24H19NO5/c26-18-7-1-15(2-8-18)13-22(29)25-14-21(16-3-9-19(27)10-4-16)23(24(25)30)17-5-11-20(28)12-6-17/h1-12,26-28H,13-14H2. The monoisotopic (exact) mass is 401 g/mol. The van der Waals surface area contributed by atoms with Gasteiger partial charge in [0.1, 0.15) is 17.2 Å². The minimum atomic E-state index is -0.410. The number of phenols is 3. The summed E-state index contributed by atoms with van der Waals surface area (Å²) in [5.74, 6) is -0.469. The number of amides is 2. The molecule has 0 fully saturated rings. The maximum Gasteiger partial charge on any atom is 0.261 e. The second-order valence-electron chi connectivity index (χ2n) is 7.08. The van der Waals surface area contributed by atoms with Crippen LogP contribution in [0.5, 0.6) is 17.2 Å². The van der Waals surface area contributed by atoms with E-state index in [1.165, 1.54) is 41.3 Å². The number of aromatic hydroxyl groups is 3. The zero-order chi connectivity index (χ0) is 21.3. The van der Waals surface area contributed by atoms with Gasteiger partial charge in [-0.25, -0.2) is 0 Å². The Morgan fingerprint density at radius 1 is 0.733 bits per heavy atom. The van der Waals surface area contributed by atoms with Crippen LogP contribution >= 0.6 is 0 Å². The highest BCUT2D eigenvalue weighted by molar-refractivity contribution is 6.33. The lowest BCUT2D eigenvalue weighted by Gasteiger charge is -2.15. The Kier molecular flexibility index (Phi) is 4.98. The molecule has 0 saturated heterocycles. The molecule has 0 bridgehead atoms. The van der Waals surface area contributed by atoms with Crippen molar-refractivity contribution in [1.82, 2.24) is 4.90 Å². The van der Waals surface area contributed by atoms with Crippen LogP contribution in [0.25, 0.3) is 11.1 Å². The van der Waals surface area contributed by atoms with Gasteiger partial charge in [-0.1, -0.05) is 36.4 Å². The van der Waals surface area contributed by atoms with Gasteiger partial charge < -0.3 is 15.3 Å². The zero-order valence-corrected chi connectivity index (χ0v) is 15.9. The summed E-state index contributed by atoms with van der Waals surface area (Å²) in [5.41, 5.74) is 3.07. The first-order valence-corrected chi connectivity index (χ1v) is 9.37. The maximum atomic E-state index is 13.2. The Labute approximate surface area is 173 Å². The minimum Gasteiger partial charge on any atom is -0.508 e. The number of carbonyl (C=O) groups is 2. The predicted octanol–water partition coefficient (Wildman–Crippen LogP) is 3.33. The molecule has 0 spiro atoms. The van der Waals surface area contributed by atoms with Crippen molar-refractivity contribution in [3.05, 3.63) is 89.5 Å². The van der Waals surface area contributed by atoms with Crippen LogP contribution in [0.1, 0.15) is 16.7 Å². The Balaban J connectivity index is 1.69. The van der Waals surface area contributed by atoms with E-state index >= 15 is 0 Å². The highest BCUT2D eigenvalue weighted by Gasteiger charge is 2.35. The fourth-order valence-corrected chi connectivity index (χ4v) is 3.48. The number of benzene rings is 3. The van der Waals surface area contributed by atoms with Crippen molar-refractivity contribution >= 4 is 23.0 Å². The summed E-state index contributed by atoms with van der Waals surface area (Å²) in [6.07, 6.45) is 0.0255. The second kappa shape index (κ2) is 7.75. The molecule has 0 aliphatic carbocycles. The Morgan fingerprint density at radius 2 is 1.20 bits per heavy atom. The fraction of sp³-hybridized carbons (Fsp3) is 0.0833. The maximum absolute atomic E-state index is 13.2.